The number of aliphatic hydroxyl groups excluding tert-OH is 2. The molecule has 35 heavy (non-hydrogen) atoms. The van der Waals surface area contributed by atoms with Crippen LogP contribution in [0.25, 0.3) is 10.8 Å². The first-order valence-electron chi connectivity index (χ1n) is 13.4. The summed E-state index contributed by atoms with van der Waals surface area (Å²) in [5, 5.41) is 24.7. The molecule has 0 amide bonds. The normalized spacial score (nSPS) is 44.0. The molecule has 2 bridgehead atoms. The van der Waals surface area contributed by atoms with Crippen molar-refractivity contribution in [2.75, 3.05) is 14.1 Å². The number of hydrogen-bond acceptors (Lipinski definition) is 4. The highest BCUT2D eigenvalue weighted by Gasteiger charge is 2.68. The Bertz CT molecular complexity index is 1260. The van der Waals surface area contributed by atoms with E-state index in [2.05, 4.69) is 66.4 Å². The number of nitrogens with zero attached hydrogens (tertiary/aromatic N) is 1. The number of rotatable bonds is 2. The Morgan fingerprint density at radius 3 is 2.60 bits per heavy atom. The van der Waals surface area contributed by atoms with E-state index in [1.807, 2.05) is 14.1 Å². The fourth-order valence-electron chi connectivity index (χ4n) is 8.89. The molecule has 0 radical (unpaired) electrons. The zero-order chi connectivity index (χ0) is 24.2. The average molecular weight is 472 g/mol. The molecular weight excluding hydrogens is 434 g/mol. The van der Waals surface area contributed by atoms with Gasteiger partial charge in [0.2, 0.25) is 0 Å². The highest BCUT2D eigenvalue weighted by molar-refractivity contribution is 5.83. The molecule has 2 aliphatic heterocycles. The minimum atomic E-state index is -0.865. The smallest absolute Gasteiger partial charge is 0.105 e. The molecule has 8 atom stereocenters. The Hall–Kier alpha value is -1.98. The van der Waals surface area contributed by atoms with E-state index in [1.54, 1.807) is 0 Å². The van der Waals surface area contributed by atoms with E-state index in [-0.39, 0.29) is 17.1 Å². The van der Waals surface area contributed by atoms with Crippen LogP contribution < -0.4 is 0 Å². The Morgan fingerprint density at radius 2 is 1.80 bits per heavy atom. The number of likely N-dealkylation sites (N-methyl/N-ethyl adjacent to an activating group) is 1. The second-order valence-corrected chi connectivity index (χ2v) is 12.4. The molecule has 0 unspecified atom stereocenters. The van der Waals surface area contributed by atoms with Gasteiger partial charge >= 0.3 is 0 Å². The summed E-state index contributed by atoms with van der Waals surface area (Å²) in [6, 6.07) is 15.6. The fraction of sp³-hybridized carbons (Fsp3) is 0.548. The predicted molar refractivity (Wildman–Crippen MR) is 138 cm³/mol. The van der Waals surface area contributed by atoms with E-state index in [1.165, 1.54) is 34.8 Å². The van der Waals surface area contributed by atoms with Gasteiger partial charge in [0, 0.05) is 6.04 Å². The van der Waals surface area contributed by atoms with Gasteiger partial charge in [0.25, 0.3) is 0 Å². The van der Waals surface area contributed by atoms with Crippen LogP contribution in [0, 0.1) is 11.3 Å². The number of ether oxygens (including phenoxy) is 1. The number of allylic oxidation sites excluding steroid dienone is 1. The van der Waals surface area contributed by atoms with Crippen LogP contribution in [-0.2, 0) is 4.74 Å². The fourth-order valence-corrected chi connectivity index (χ4v) is 8.89. The topological polar surface area (TPSA) is 52.9 Å². The molecule has 2 heterocycles. The van der Waals surface area contributed by atoms with Crippen LogP contribution in [0.15, 0.2) is 65.8 Å². The maximum atomic E-state index is 11.2. The summed E-state index contributed by atoms with van der Waals surface area (Å²) in [5.41, 5.74) is 3.07. The van der Waals surface area contributed by atoms with Gasteiger partial charge in [-0.2, -0.15) is 0 Å². The van der Waals surface area contributed by atoms with Crippen LogP contribution in [-0.4, -0.2) is 58.7 Å². The summed E-state index contributed by atoms with van der Waals surface area (Å²) in [5.74, 6) is 0.980. The van der Waals surface area contributed by atoms with Crippen LogP contribution in [0.4, 0.5) is 0 Å². The van der Waals surface area contributed by atoms with Gasteiger partial charge in [0.05, 0.1) is 17.3 Å². The summed E-state index contributed by atoms with van der Waals surface area (Å²) in [4.78, 5) is 2.05. The van der Waals surface area contributed by atoms with Crippen molar-refractivity contribution in [2.24, 2.45) is 11.3 Å². The molecule has 184 valence electrons. The molecule has 2 saturated carbocycles. The van der Waals surface area contributed by atoms with Crippen molar-refractivity contribution in [1.29, 1.82) is 0 Å². The molecule has 2 aromatic rings. The molecule has 1 saturated heterocycles. The Balaban J connectivity index is 1.29. The van der Waals surface area contributed by atoms with Crippen molar-refractivity contribution >= 4 is 10.8 Å². The quantitative estimate of drug-likeness (QED) is 0.651. The van der Waals surface area contributed by atoms with Crippen molar-refractivity contribution < 1.29 is 14.9 Å². The van der Waals surface area contributed by atoms with Gasteiger partial charge in [0.1, 0.15) is 6.10 Å². The molecule has 0 aromatic heterocycles. The monoisotopic (exact) mass is 471 g/mol. The van der Waals surface area contributed by atoms with Gasteiger partial charge in [-0.15, -0.1) is 0 Å². The number of fused-ring (bicyclic) bond motifs is 2. The minimum absolute atomic E-state index is 0.105. The minimum Gasteiger partial charge on any atom is -0.388 e. The first-order chi connectivity index (χ1) is 16.8. The number of hydrogen-bond donors (Lipinski definition) is 2. The molecule has 4 heteroatoms. The summed E-state index contributed by atoms with van der Waals surface area (Å²) in [6.45, 7) is 2.50. The maximum absolute atomic E-state index is 11.2. The average Bonchev–Trinajstić information content (AvgIpc) is 3.37. The largest absolute Gasteiger partial charge is 0.388 e. The van der Waals surface area contributed by atoms with E-state index >= 15 is 0 Å². The second kappa shape index (κ2) is 7.29. The highest BCUT2D eigenvalue weighted by atomic mass is 16.5. The molecule has 2 N–H and O–H groups in total. The lowest BCUT2D eigenvalue weighted by Gasteiger charge is -2.56. The molecule has 4 nitrogen and oxygen atoms in total. The van der Waals surface area contributed by atoms with Crippen molar-refractivity contribution in [2.45, 2.75) is 80.8 Å². The number of benzene rings is 2. The van der Waals surface area contributed by atoms with Gasteiger partial charge in [0.15, 0.2) is 0 Å². The highest BCUT2D eigenvalue weighted by Crippen LogP contribution is 2.69. The zero-order valence-corrected chi connectivity index (χ0v) is 21.1. The van der Waals surface area contributed by atoms with Crippen molar-refractivity contribution in [3.05, 3.63) is 71.3 Å². The van der Waals surface area contributed by atoms with E-state index in [0.717, 1.165) is 31.3 Å². The second-order valence-electron chi connectivity index (χ2n) is 12.4. The summed E-state index contributed by atoms with van der Waals surface area (Å²) >= 11 is 0. The third-order valence-electron chi connectivity index (χ3n) is 10.7. The van der Waals surface area contributed by atoms with E-state index < -0.39 is 17.8 Å². The molecule has 2 spiro atoms. The van der Waals surface area contributed by atoms with Crippen LogP contribution in [0.5, 0.6) is 0 Å². The standard InChI is InChI=1S/C31H37NO3/c1-29-13-12-22-17-24-27(33)28(34)25(32(2)3)18-30(24)14-15-31(22,35-30)26(29)11-10-23(29)21-9-8-19-6-4-5-7-20(19)16-21/h4-9,12,16-17,23,25-28,33-34H,10-11,13-15,18H2,1-3H3/t23-,25+,26-,27-,28-,29-,30-,31-/m1/s1. The summed E-state index contributed by atoms with van der Waals surface area (Å²) in [6.07, 6.45) is 9.08. The van der Waals surface area contributed by atoms with Crippen molar-refractivity contribution in [3.8, 4) is 0 Å². The molecule has 3 fully saturated rings. The zero-order valence-electron chi connectivity index (χ0n) is 21.1. The lowest BCUT2D eigenvalue weighted by molar-refractivity contribution is -0.165. The third kappa shape index (κ3) is 2.83. The third-order valence-corrected chi connectivity index (χ3v) is 10.7. The molecule has 2 aromatic carbocycles. The summed E-state index contributed by atoms with van der Waals surface area (Å²) in [7, 11) is 3.99. The van der Waals surface area contributed by atoms with Gasteiger partial charge in [-0.05, 0) is 97.4 Å². The molecule has 7 rings (SSSR count). The van der Waals surface area contributed by atoms with Crippen LogP contribution >= 0.6 is 0 Å². The molecule has 3 aliphatic carbocycles. The van der Waals surface area contributed by atoms with Gasteiger partial charge in [-0.3, -0.25) is 0 Å². The SMILES string of the molecule is CN(C)[C@H]1C[C@@]23CC[C@@]4(O2)C(=CC[C@]2(C)[C@@H](c5ccc6ccccc6c5)CC[C@H]24)C=C3[C@@H](O)[C@@H]1O. The number of aliphatic hydroxyl groups is 2. The lowest BCUT2D eigenvalue weighted by Crippen LogP contribution is -2.61. The molecular formula is C31H37NO3. The van der Waals surface area contributed by atoms with Gasteiger partial charge < -0.3 is 19.8 Å². The first kappa shape index (κ1) is 22.2. The van der Waals surface area contributed by atoms with Gasteiger partial charge in [-0.25, -0.2) is 0 Å². The van der Waals surface area contributed by atoms with Crippen molar-refractivity contribution in [3.63, 3.8) is 0 Å². The lowest BCUT2D eigenvalue weighted by atomic mass is 9.58. The predicted octanol–water partition coefficient (Wildman–Crippen LogP) is 4.95. The van der Waals surface area contributed by atoms with E-state index in [4.69, 9.17) is 4.74 Å². The van der Waals surface area contributed by atoms with E-state index in [0.29, 0.717) is 11.8 Å². The van der Waals surface area contributed by atoms with Crippen molar-refractivity contribution in [1.82, 2.24) is 4.90 Å². The molecule has 5 aliphatic rings. The first-order valence-corrected chi connectivity index (χ1v) is 13.4. The Kier molecular flexibility index (Phi) is 4.63. The Labute approximate surface area is 208 Å². The van der Waals surface area contributed by atoms with E-state index in [9.17, 15) is 10.2 Å². The summed E-state index contributed by atoms with van der Waals surface area (Å²) < 4.78 is 7.28. The maximum Gasteiger partial charge on any atom is 0.105 e. The Morgan fingerprint density at radius 1 is 1.00 bits per heavy atom. The van der Waals surface area contributed by atoms with Crippen LogP contribution in [0.2, 0.25) is 0 Å². The van der Waals surface area contributed by atoms with Crippen LogP contribution in [0.3, 0.4) is 0 Å². The van der Waals surface area contributed by atoms with Crippen LogP contribution in [0.1, 0.15) is 56.9 Å². The van der Waals surface area contributed by atoms with Gasteiger partial charge in [-0.1, -0.05) is 61.5 Å².